The summed E-state index contributed by atoms with van der Waals surface area (Å²) in [4.78, 5) is 22.0. The Morgan fingerprint density at radius 1 is 1.27 bits per heavy atom. The summed E-state index contributed by atoms with van der Waals surface area (Å²) >= 11 is 7.51. The maximum absolute atomic E-state index is 11.2. The minimum Gasteiger partial charge on any atom is -0.358 e. The second-order valence-electron chi connectivity index (χ2n) is 2.41. The molecule has 0 aromatic heterocycles. The summed E-state index contributed by atoms with van der Waals surface area (Å²) < 4.78 is 0. The maximum Gasteiger partial charge on any atom is 0.239 e. The Hall–Kier alpha value is -0.400. The van der Waals surface area contributed by atoms with Gasteiger partial charge in [0.05, 0.1) is 12.6 Å². The van der Waals surface area contributed by atoms with Crippen LogP contribution >= 0.6 is 25.3 Å². The Morgan fingerprint density at radius 3 is 2.13 bits per heavy atom. The quantitative estimate of drug-likeness (QED) is 0.405. The van der Waals surface area contributed by atoms with Gasteiger partial charge in [-0.3, -0.25) is 9.59 Å². The third-order valence-corrected chi connectivity index (χ3v) is 1.91. The molecule has 0 fully saturated rings. The van der Waals surface area contributed by atoms with E-state index in [-0.39, 0.29) is 24.4 Å². The third kappa shape index (κ3) is 8.59. The molecule has 1 atom stereocenters. The molecule has 7 heteroatoms. The lowest BCUT2D eigenvalue weighted by atomic mass is 10.3. The Morgan fingerprint density at radius 2 is 1.80 bits per heavy atom. The van der Waals surface area contributed by atoms with E-state index in [0.29, 0.717) is 5.75 Å². The summed E-state index contributed by atoms with van der Waals surface area (Å²) in [7, 11) is 3.18. The molecule has 0 aliphatic heterocycles. The fourth-order valence-electron chi connectivity index (χ4n) is 0.684. The number of likely N-dealkylation sites (N-methyl/N-ethyl adjacent to an activating group) is 2. The normalized spacial score (nSPS) is 10.7. The van der Waals surface area contributed by atoms with Crippen molar-refractivity contribution in [1.29, 1.82) is 0 Å². The van der Waals surface area contributed by atoms with Gasteiger partial charge in [0.2, 0.25) is 11.8 Å². The number of amides is 2. The smallest absolute Gasteiger partial charge is 0.239 e. The fourth-order valence-corrected chi connectivity index (χ4v) is 1.03. The highest BCUT2D eigenvalue weighted by molar-refractivity contribution is 7.80. The number of thiol groups is 2. The first-order valence-corrected chi connectivity index (χ1v) is 5.89. The number of rotatable bonds is 5. The minimum atomic E-state index is -0.354. The molecular formula is C8H19N3O2S2. The van der Waals surface area contributed by atoms with Crippen LogP contribution in [0.4, 0.5) is 0 Å². The molecule has 0 saturated heterocycles. The van der Waals surface area contributed by atoms with Gasteiger partial charge in [-0.25, -0.2) is 0 Å². The van der Waals surface area contributed by atoms with Crippen molar-refractivity contribution < 1.29 is 9.59 Å². The first-order chi connectivity index (χ1) is 7.15. The first-order valence-electron chi connectivity index (χ1n) is 4.36. The van der Waals surface area contributed by atoms with E-state index >= 15 is 0 Å². The Balaban J connectivity index is 0. The van der Waals surface area contributed by atoms with Crippen molar-refractivity contribution in [2.75, 3.05) is 32.6 Å². The van der Waals surface area contributed by atoms with Gasteiger partial charge in [0.1, 0.15) is 0 Å². The molecule has 0 aromatic carbocycles. The van der Waals surface area contributed by atoms with Crippen LogP contribution in [0.1, 0.15) is 0 Å². The molecule has 0 radical (unpaired) electrons. The second kappa shape index (κ2) is 11.7. The van der Waals surface area contributed by atoms with E-state index < -0.39 is 0 Å². The molecule has 0 heterocycles. The van der Waals surface area contributed by atoms with Gasteiger partial charge in [0.25, 0.3) is 0 Å². The zero-order valence-electron chi connectivity index (χ0n) is 9.20. The van der Waals surface area contributed by atoms with Crippen LogP contribution in [0.25, 0.3) is 0 Å². The van der Waals surface area contributed by atoms with Gasteiger partial charge in [0.15, 0.2) is 0 Å². The molecule has 0 aliphatic rings. The molecule has 1 unspecified atom stereocenters. The summed E-state index contributed by atoms with van der Waals surface area (Å²) in [5, 5.41) is 7.65. The van der Waals surface area contributed by atoms with E-state index in [0.717, 1.165) is 0 Å². The summed E-state index contributed by atoms with van der Waals surface area (Å²) in [6.07, 6.45) is 1.69. The Bertz CT molecular complexity index is 187. The summed E-state index contributed by atoms with van der Waals surface area (Å²) in [6, 6.07) is -0.354. The molecular weight excluding hydrogens is 234 g/mol. The maximum atomic E-state index is 11.2. The van der Waals surface area contributed by atoms with Crippen molar-refractivity contribution in [1.82, 2.24) is 16.0 Å². The van der Waals surface area contributed by atoms with E-state index in [9.17, 15) is 9.59 Å². The van der Waals surface area contributed by atoms with Crippen LogP contribution in [0.15, 0.2) is 0 Å². The number of nitrogens with one attached hydrogen (secondary N) is 3. The SMILES string of the molecule is CNC(=O)CNC(=O)C(CS)NC.CS. The summed E-state index contributed by atoms with van der Waals surface area (Å²) in [5.74, 6) is -0.0423. The van der Waals surface area contributed by atoms with Gasteiger partial charge < -0.3 is 16.0 Å². The van der Waals surface area contributed by atoms with Crippen molar-refractivity contribution in [3.8, 4) is 0 Å². The molecule has 15 heavy (non-hydrogen) atoms. The third-order valence-electron chi connectivity index (χ3n) is 1.55. The molecule has 0 bridgehead atoms. The molecule has 0 aliphatic carbocycles. The first kappa shape index (κ1) is 17.0. The standard InChI is InChI=1S/C7H15N3O2S.CH4S/c1-8-5(4-13)7(12)10-3-6(11)9-2;1-2/h5,8,13H,3-4H2,1-2H3,(H,9,11)(H,10,12);2H,1H3. The molecule has 90 valence electrons. The van der Waals surface area contributed by atoms with Crippen LogP contribution in [0.3, 0.4) is 0 Å². The predicted octanol–water partition coefficient (Wildman–Crippen LogP) is -1.09. The predicted molar refractivity (Wildman–Crippen MR) is 68.7 cm³/mol. The monoisotopic (exact) mass is 253 g/mol. The number of carbonyl (C=O) groups excluding carboxylic acids is 2. The molecule has 0 aromatic rings. The Kier molecular flexibility index (Phi) is 13.2. The molecule has 2 amide bonds. The number of carbonyl (C=O) groups is 2. The van der Waals surface area contributed by atoms with Gasteiger partial charge in [-0.05, 0) is 13.3 Å². The Labute approximate surface area is 102 Å². The van der Waals surface area contributed by atoms with E-state index in [1.165, 1.54) is 7.05 Å². The molecule has 0 rings (SSSR count). The molecule has 3 N–H and O–H groups in total. The van der Waals surface area contributed by atoms with Crippen LogP contribution in [0, 0.1) is 0 Å². The molecule has 0 spiro atoms. The second-order valence-corrected chi connectivity index (χ2v) is 2.78. The minimum absolute atomic E-state index is 0.00128. The fraction of sp³-hybridized carbons (Fsp3) is 0.750. The van der Waals surface area contributed by atoms with Crippen molar-refractivity contribution >= 4 is 37.1 Å². The zero-order chi connectivity index (χ0) is 12.3. The van der Waals surface area contributed by atoms with E-state index in [4.69, 9.17) is 0 Å². The molecule has 0 saturated carbocycles. The zero-order valence-corrected chi connectivity index (χ0v) is 11.0. The lowest BCUT2D eigenvalue weighted by Gasteiger charge is -2.12. The van der Waals surface area contributed by atoms with E-state index in [1.807, 2.05) is 0 Å². The van der Waals surface area contributed by atoms with E-state index in [1.54, 1.807) is 13.3 Å². The van der Waals surface area contributed by atoms with Crippen molar-refractivity contribution in [2.45, 2.75) is 6.04 Å². The van der Waals surface area contributed by atoms with E-state index in [2.05, 4.69) is 41.2 Å². The van der Waals surface area contributed by atoms with Crippen molar-refractivity contribution in [3.05, 3.63) is 0 Å². The highest BCUT2D eigenvalue weighted by atomic mass is 32.1. The van der Waals surface area contributed by atoms with Gasteiger partial charge in [0, 0.05) is 12.8 Å². The summed E-state index contributed by atoms with van der Waals surface area (Å²) in [5.41, 5.74) is 0. The molecule has 5 nitrogen and oxygen atoms in total. The van der Waals surface area contributed by atoms with Crippen LogP contribution < -0.4 is 16.0 Å². The lowest BCUT2D eigenvalue weighted by molar-refractivity contribution is -0.126. The van der Waals surface area contributed by atoms with Gasteiger partial charge >= 0.3 is 0 Å². The van der Waals surface area contributed by atoms with Crippen LogP contribution in [-0.2, 0) is 9.59 Å². The van der Waals surface area contributed by atoms with Crippen molar-refractivity contribution in [2.24, 2.45) is 0 Å². The lowest BCUT2D eigenvalue weighted by Crippen LogP contribution is -2.46. The average Bonchev–Trinajstić information content (AvgIpc) is 2.30. The van der Waals surface area contributed by atoms with Gasteiger partial charge in [-0.1, -0.05) is 0 Å². The van der Waals surface area contributed by atoms with Crippen LogP contribution in [-0.4, -0.2) is 50.5 Å². The average molecular weight is 253 g/mol. The highest BCUT2D eigenvalue weighted by Gasteiger charge is 2.14. The van der Waals surface area contributed by atoms with Crippen LogP contribution in [0.5, 0.6) is 0 Å². The van der Waals surface area contributed by atoms with Gasteiger partial charge in [-0.2, -0.15) is 25.3 Å². The van der Waals surface area contributed by atoms with Gasteiger partial charge in [-0.15, -0.1) is 0 Å². The summed E-state index contributed by atoms with van der Waals surface area (Å²) in [6.45, 7) is 0.00128. The largest absolute Gasteiger partial charge is 0.358 e. The number of hydrogen-bond donors (Lipinski definition) is 5. The topological polar surface area (TPSA) is 70.2 Å². The highest BCUT2D eigenvalue weighted by Crippen LogP contribution is 1.86. The number of hydrogen-bond acceptors (Lipinski definition) is 5. The van der Waals surface area contributed by atoms with Crippen LogP contribution in [0.2, 0.25) is 0 Å². The van der Waals surface area contributed by atoms with Crippen molar-refractivity contribution in [3.63, 3.8) is 0 Å².